The van der Waals surface area contributed by atoms with E-state index >= 15 is 0 Å². The van der Waals surface area contributed by atoms with Gasteiger partial charge in [-0.3, -0.25) is 53.0 Å². The predicted molar refractivity (Wildman–Crippen MR) is 500 cm³/mol. The molecule has 0 aliphatic carbocycles. The second kappa shape index (κ2) is 45.2. The van der Waals surface area contributed by atoms with E-state index in [9.17, 15) is 54.7 Å². The van der Waals surface area contributed by atoms with E-state index < -0.39 is 78.7 Å². The molecule has 34 nitrogen and oxygen atoms in total. The largest absolute Gasteiger partial charge is 0.640 e. The van der Waals surface area contributed by atoms with E-state index in [2.05, 4.69) is 82.9 Å². The Morgan fingerprint density at radius 1 is 0.467 bits per heavy atom. The van der Waals surface area contributed by atoms with Crippen LogP contribution in [0.2, 0.25) is 5.28 Å². The summed E-state index contributed by atoms with van der Waals surface area (Å²) in [6.07, 6.45) is 9.58. The molecule has 0 unspecified atom stereocenters. The van der Waals surface area contributed by atoms with E-state index in [0.717, 1.165) is 75.5 Å². The van der Waals surface area contributed by atoms with Gasteiger partial charge in [-0.05, 0) is 241 Å². The first kappa shape index (κ1) is 108. The van der Waals surface area contributed by atoms with Gasteiger partial charge in [-0.1, -0.05) is 18.2 Å². The average Bonchev–Trinajstić information content (AvgIpc) is 1.58. The molecule has 4 amide bonds. The van der Waals surface area contributed by atoms with Crippen molar-refractivity contribution in [3.8, 4) is 28.5 Å². The zero-order valence-electron chi connectivity index (χ0n) is 81.0. The minimum atomic E-state index is -2.69. The number of amides is 4. The number of rotatable bonds is 12. The fourth-order valence-corrected chi connectivity index (χ4v) is 14.6. The normalized spacial score (nSPS) is 18.2. The smallest absolute Gasteiger partial charge is 0.444 e. The fourth-order valence-electron chi connectivity index (χ4n) is 14.0. The number of hydrogen-bond donors (Lipinski definition) is 0. The number of fused-ring (bicyclic) bond motifs is 4. The molecule has 0 saturated carbocycles. The lowest BCUT2D eigenvalue weighted by Gasteiger charge is -2.35. The van der Waals surface area contributed by atoms with Crippen LogP contribution in [0, 0.1) is 21.0 Å². The molecule has 6 aliphatic rings. The molecule has 45 heteroatoms. The van der Waals surface area contributed by atoms with E-state index in [4.69, 9.17) is 53.8 Å². The fraction of sp³-hybridized carbons (Fsp3) is 0.511. The van der Waals surface area contributed by atoms with Crippen LogP contribution in [0.1, 0.15) is 217 Å². The molecule has 0 radical (unpaired) electrons. The monoisotopic (exact) mass is 2040 g/mol. The number of alkyl halides is 4. The number of pyridine rings is 2. The Hall–Kier alpha value is -11.2. The first-order chi connectivity index (χ1) is 63.9. The maximum absolute atomic E-state index is 13.1. The highest BCUT2D eigenvalue weighted by Crippen LogP contribution is 2.40. The maximum atomic E-state index is 13.1. The van der Waals surface area contributed by atoms with Crippen molar-refractivity contribution in [3.05, 3.63) is 201 Å². The number of para-hydroxylation sites is 1. The molecule has 0 spiro atoms. The molecule has 4 atom stereocenters. The Morgan fingerprint density at radius 2 is 0.818 bits per heavy atom. The van der Waals surface area contributed by atoms with Crippen LogP contribution in [0.25, 0.3) is 22.8 Å². The molecule has 1 aromatic carbocycles. The zero-order valence-corrected chi connectivity index (χ0v) is 83.9. The molecule has 2 fully saturated rings. The second-order valence-electron chi connectivity index (χ2n) is 38.3. The van der Waals surface area contributed by atoms with Gasteiger partial charge in [-0.2, -0.15) is 20.4 Å². The summed E-state index contributed by atoms with van der Waals surface area (Å²) in [5, 5.41) is 17.5. The van der Waals surface area contributed by atoms with Crippen LogP contribution in [0.3, 0.4) is 0 Å². The van der Waals surface area contributed by atoms with E-state index in [1.54, 1.807) is 79.3 Å². The Bertz CT molecular complexity index is 5700. The van der Waals surface area contributed by atoms with Gasteiger partial charge in [0.2, 0.25) is 11.2 Å². The van der Waals surface area contributed by atoms with Crippen LogP contribution >= 0.6 is 34.2 Å². The molecule has 0 N–H and O–H groups in total. The summed E-state index contributed by atoms with van der Waals surface area (Å²) in [7, 11) is -1.01. The number of esters is 1. The Labute approximate surface area is 811 Å². The lowest BCUT2D eigenvalue weighted by molar-refractivity contribution is -0.135. The Morgan fingerprint density at radius 3 is 1.22 bits per heavy atom. The number of aromatic nitrogens is 16. The quantitative estimate of drug-likeness (QED) is 0.0208. The minimum Gasteiger partial charge on any atom is -0.444 e. The average molecular weight is 2040 g/mol. The SMILES string of the molecule is CC(C)OB1OC(C)(C)C(C)(C)O1.C[C@H]1Cn2ncc(-c3ncc(F)cn3)c2CN1C(=O)Cc1ccnc(C(F)F)c1.C[C@H]1Cn2ncc(-c3ncc(F)cn3)c2CN1C(=O)OC(C)(C)C.C[C@H]1Cn2ncc(B3OC(C)(C)C(C)(C)O3)c2CN1C(=O)OC(C)(C)C.C[C@H]1Cn2ncc(I)c2CN1C(=O)OC(C)(C)C.Fc1cnc(Cl)nc1.O=C(Cc1ccnc(C(F)F)c1)Oc1ccccc1. The molecule has 10 aromatic rings. The third-order valence-electron chi connectivity index (χ3n) is 22.4. The van der Waals surface area contributed by atoms with Crippen molar-refractivity contribution in [1.29, 1.82) is 0 Å². The van der Waals surface area contributed by atoms with Crippen molar-refractivity contribution in [2.75, 3.05) is 0 Å². The molecule has 16 rings (SSSR count). The molecule has 15 heterocycles. The predicted octanol–water partition coefficient (Wildman–Crippen LogP) is 16.8. The zero-order chi connectivity index (χ0) is 101. The summed E-state index contributed by atoms with van der Waals surface area (Å²) in [6, 6.07) is 14.0. The van der Waals surface area contributed by atoms with Crippen molar-refractivity contribution < 1.29 is 96.9 Å². The summed E-state index contributed by atoms with van der Waals surface area (Å²) in [5.74, 6) is -1.07. The standard InChI is InChI=1S/C19H17F3N6O.C18H30BN3O4.C16H20FN5O2.C14H11F2NO2.C12H18IN3O2.C9H19BO3.C4H2ClFN2/c1-11-9-28-16(14(8-26-28)19-24-6-13(20)7-25-19)10-27(11)17(29)5-12-2-3-23-15(4-12)18(21)22;1-12-10-22-14(11-21(12)15(23)24-16(2,3)4)13(9-20-22)19-25-17(5,6)18(7,8)26-19;1-10-8-22-13(9-21(10)15(23)24-16(2,3)4)12(7-20-22)14-18-5-11(17)6-19-14;15-14(16)12-8-10(6-7-17-12)9-13(18)19-11-4-2-1-3-5-11;1-8-6-16-10(9(13)5-14-16)7-15(8)11(17)18-12(2,3)4;1-7(2)11-10-12-8(3,4)9(5,6)13-10;5-4-7-1-3(6)2-8-4/h2-4,6-8,11,18H,5,9-10H2,1H3;9,12H,10-11H2,1-8H3;5-7,10H,8-9H2,1-4H3;1-8,14H,9H2;5,8H,6-7H2,1-4H3;7H,1-6H3;1-2H/t11-;12-;10-;;8-;;/m000.0../s1. The first-order valence-corrected chi connectivity index (χ1v) is 45.7. The van der Waals surface area contributed by atoms with Gasteiger partial charge in [-0.25, -0.2) is 75.0 Å². The third kappa shape index (κ3) is 29.7. The van der Waals surface area contributed by atoms with Gasteiger partial charge in [-0.15, -0.1) is 0 Å². The lowest BCUT2D eigenvalue weighted by Crippen LogP contribution is -2.49. The number of hydrogen-bond acceptors (Lipinski definition) is 26. The van der Waals surface area contributed by atoms with Crippen molar-refractivity contribution in [2.45, 2.75) is 307 Å². The van der Waals surface area contributed by atoms with Crippen molar-refractivity contribution in [3.63, 3.8) is 0 Å². The maximum Gasteiger partial charge on any atom is 0.640 e. The Balaban J connectivity index is 0.000000169. The van der Waals surface area contributed by atoms with Crippen molar-refractivity contribution in [2.24, 2.45) is 0 Å². The molecule has 0 bridgehead atoms. The highest BCUT2D eigenvalue weighted by Gasteiger charge is 2.55. The molecule has 738 valence electrons. The molecular weight excluding hydrogens is 1930 g/mol. The molecule has 9 aromatic heterocycles. The summed E-state index contributed by atoms with van der Waals surface area (Å²) >= 11 is 7.47. The van der Waals surface area contributed by atoms with Crippen molar-refractivity contribution >= 4 is 84.3 Å². The van der Waals surface area contributed by atoms with Crippen LogP contribution in [-0.2, 0) is 112 Å². The number of carbonyl (C=O) groups is 5. The van der Waals surface area contributed by atoms with Gasteiger partial charge in [0, 0.05) is 36.2 Å². The molecular formula is C92H117B2ClF7IN20O14. The lowest BCUT2D eigenvalue weighted by atomic mass is 9.79. The highest BCUT2D eigenvalue weighted by atomic mass is 127. The molecule has 2 saturated heterocycles. The number of nitrogens with zero attached hydrogens (tertiary/aromatic N) is 20. The van der Waals surface area contributed by atoms with Crippen LogP contribution in [0.15, 0.2) is 129 Å². The Kier molecular flexibility index (Phi) is 35.6. The molecule has 137 heavy (non-hydrogen) atoms. The van der Waals surface area contributed by atoms with Crippen LogP contribution in [0.4, 0.5) is 45.1 Å². The first-order valence-electron chi connectivity index (χ1n) is 44.2. The van der Waals surface area contributed by atoms with Crippen molar-refractivity contribution in [1.82, 2.24) is 98.6 Å². The number of carbonyl (C=O) groups excluding carboxylic acids is 5. The van der Waals surface area contributed by atoms with Crippen LogP contribution in [0.5, 0.6) is 5.75 Å². The number of benzene rings is 1. The minimum absolute atomic E-state index is 0.00315. The van der Waals surface area contributed by atoms with Gasteiger partial charge >= 0.3 is 38.7 Å². The number of ether oxygens (including phenoxy) is 4. The summed E-state index contributed by atoms with van der Waals surface area (Å²) in [4.78, 5) is 98.4. The van der Waals surface area contributed by atoms with Crippen LogP contribution in [-0.4, -0.2) is 213 Å². The van der Waals surface area contributed by atoms with Gasteiger partial charge in [0.1, 0.15) is 33.9 Å². The van der Waals surface area contributed by atoms with Gasteiger partial charge in [0.05, 0.1) is 199 Å². The van der Waals surface area contributed by atoms with Gasteiger partial charge in [0.25, 0.3) is 12.9 Å². The van der Waals surface area contributed by atoms with Crippen LogP contribution < -0.4 is 10.2 Å². The topological polar surface area (TPSA) is 356 Å². The third-order valence-corrected chi connectivity index (χ3v) is 23.5. The van der Waals surface area contributed by atoms with E-state index in [1.807, 2.05) is 179 Å². The van der Waals surface area contributed by atoms with E-state index in [1.165, 1.54) is 30.6 Å². The van der Waals surface area contributed by atoms with Gasteiger partial charge < -0.3 is 47.1 Å². The summed E-state index contributed by atoms with van der Waals surface area (Å²) < 4.78 is 148. The van der Waals surface area contributed by atoms with E-state index in [-0.39, 0.29) is 102 Å². The number of halogens is 9. The summed E-state index contributed by atoms with van der Waals surface area (Å²) in [6.45, 7) is 48.7. The summed E-state index contributed by atoms with van der Waals surface area (Å²) in [5.41, 5.74) is 3.03. The van der Waals surface area contributed by atoms with E-state index in [0.29, 0.717) is 78.9 Å². The molecule has 6 aliphatic heterocycles. The van der Waals surface area contributed by atoms with Gasteiger partial charge in [0.15, 0.2) is 29.1 Å². The second-order valence-corrected chi connectivity index (χ2v) is 39.8. The highest BCUT2D eigenvalue weighted by molar-refractivity contribution is 14.1.